The number of methoxy groups -OCH3 is 1. The summed E-state index contributed by atoms with van der Waals surface area (Å²) in [5.41, 5.74) is 1.60. The normalized spacial score (nSPS) is 14.6. The molecule has 1 saturated heterocycles. The lowest BCUT2D eigenvalue weighted by molar-refractivity contribution is 0.0596. The Balaban J connectivity index is 1.77. The molecule has 1 aromatic heterocycles. The molecule has 1 fully saturated rings. The van der Waals surface area contributed by atoms with Crippen molar-refractivity contribution in [2.45, 2.75) is 35.2 Å². The summed E-state index contributed by atoms with van der Waals surface area (Å²) in [6, 6.07) is 10.2. The van der Waals surface area contributed by atoms with E-state index in [1.165, 1.54) is 55.5 Å². The molecule has 156 valence electrons. The molecule has 2 heterocycles. The first-order valence-corrected chi connectivity index (χ1v) is 12.1. The van der Waals surface area contributed by atoms with Crippen LogP contribution in [-0.4, -0.2) is 60.4 Å². The minimum atomic E-state index is -0.409. The monoisotopic (exact) mass is 432 g/mol. The number of ether oxygens (including phenoxy) is 1. The molecule has 0 radical (unpaired) electrons. The van der Waals surface area contributed by atoms with Crippen LogP contribution in [0.4, 0.5) is 5.82 Å². The number of nitrogens with zero attached hydrogens (tertiary/aromatic N) is 3. The molecule has 0 saturated carbocycles. The topological polar surface area (TPSA) is 67.3 Å². The summed E-state index contributed by atoms with van der Waals surface area (Å²) in [7, 11) is 1.40. The van der Waals surface area contributed by atoms with Crippen molar-refractivity contribution in [3.63, 3.8) is 0 Å². The maximum atomic E-state index is 12.6. The quantitative estimate of drug-likeness (QED) is 0.274. The van der Waals surface area contributed by atoms with Crippen molar-refractivity contribution >= 4 is 35.3 Å². The predicted molar refractivity (Wildman–Crippen MR) is 120 cm³/mol. The van der Waals surface area contributed by atoms with Crippen molar-refractivity contribution < 1.29 is 9.53 Å². The molecular weight excluding hydrogens is 404 g/mol. The van der Waals surface area contributed by atoms with Gasteiger partial charge in [-0.1, -0.05) is 48.5 Å². The molecule has 0 atom stereocenters. The van der Waals surface area contributed by atoms with E-state index in [9.17, 15) is 4.79 Å². The van der Waals surface area contributed by atoms with Crippen molar-refractivity contribution in [3.05, 3.63) is 41.5 Å². The second-order valence-electron chi connectivity index (χ2n) is 6.83. The first kappa shape index (κ1) is 21.9. The van der Waals surface area contributed by atoms with Crippen molar-refractivity contribution in [2.75, 3.05) is 44.9 Å². The largest absolute Gasteiger partial charge is 0.465 e. The van der Waals surface area contributed by atoms with Gasteiger partial charge in [-0.05, 0) is 37.8 Å². The van der Waals surface area contributed by atoms with Gasteiger partial charge in [0.2, 0.25) is 0 Å². The highest BCUT2D eigenvalue weighted by atomic mass is 32.2. The van der Waals surface area contributed by atoms with Gasteiger partial charge in [0.25, 0.3) is 0 Å². The van der Waals surface area contributed by atoms with E-state index >= 15 is 0 Å². The minimum Gasteiger partial charge on any atom is -0.465 e. The zero-order chi connectivity index (χ0) is 20.5. The van der Waals surface area contributed by atoms with Crippen LogP contribution in [-0.2, 0) is 10.5 Å². The summed E-state index contributed by atoms with van der Waals surface area (Å²) >= 11 is 3.00. The van der Waals surface area contributed by atoms with Crippen LogP contribution in [0.3, 0.4) is 0 Å². The molecule has 0 bridgehead atoms. The van der Waals surface area contributed by atoms with E-state index in [1.54, 1.807) is 0 Å². The second kappa shape index (κ2) is 11.4. The highest BCUT2D eigenvalue weighted by molar-refractivity contribution is 7.99. The molecule has 6 nitrogen and oxygen atoms in total. The number of aromatic nitrogens is 2. The summed E-state index contributed by atoms with van der Waals surface area (Å²) < 4.78 is 5.05. The third-order valence-corrected chi connectivity index (χ3v) is 6.41. The van der Waals surface area contributed by atoms with Gasteiger partial charge < -0.3 is 15.0 Å². The van der Waals surface area contributed by atoms with Crippen LogP contribution in [0.15, 0.2) is 40.5 Å². The van der Waals surface area contributed by atoms with Crippen molar-refractivity contribution in [2.24, 2.45) is 0 Å². The second-order valence-corrected chi connectivity index (χ2v) is 8.57. The van der Waals surface area contributed by atoms with Crippen molar-refractivity contribution in [1.82, 2.24) is 14.9 Å². The zero-order valence-electron chi connectivity index (χ0n) is 17.0. The van der Waals surface area contributed by atoms with E-state index in [4.69, 9.17) is 4.74 Å². The Labute approximate surface area is 181 Å². The number of rotatable bonds is 9. The standard InChI is InChI=1S/C21H28N4O2S2/c1-27-20(26)17-18(22-11-14-25-12-7-4-8-13-25)23-21(28-2)24-19(17)29-15-16-9-5-3-6-10-16/h3,5-6,9-10H,4,7-8,11-15H2,1-2H3,(H,22,23,24). The lowest BCUT2D eigenvalue weighted by Gasteiger charge is -2.26. The fraction of sp³-hybridized carbons (Fsp3) is 0.476. The number of esters is 1. The number of thioether (sulfide) groups is 2. The summed E-state index contributed by atoms with van der Waals surface area (Å²) in [4.78, 5) is 24.2. The summed E-state index contributed by atoms with van der Waals surface area (Å²) in [6.45, 7) is 3.95. The number of likely N-dealkylation sites (tertiary alicyclic amines) is 1. The molecule has 1 aliphatic heterocycles. The van der Waals surface area contributed by atoms with Crippen molar-refractivity contribution in [1.29, 1.82) is 0 Å². The first-order valence-electron chi connectivity index (χ1n) is 9.88. The number of benzene rings is 1. The Morgan fingerprint density at radius 3 is 2.62 bits per heavy atom. The molecule has 2 aromatic rings. The van der Waals surface area contributed by atoms with Gasteiger partial charge in [-0.25, -0.2) is 14.8 Å². The molecule has 8 heteroatoms. The Kier molecular flexibility index (Phi) is 8.64. The Morgan fingerprint density at radius 2 is 1.93 bits per heavy atom. The SMILES string of the molecule is COC(=O)c1c(NCCN2CCCCC2)nc(SC)nc1SCc1ccccc1. The van der Waals surface area contributed by atoms with E-state index in [2.05, 4.69) is 32.3 Å². The Bertz CT molecular complexity index is 799. The third kappa shape index (κ3) is 6.35. The van der Waals surface area contributed by atoms with Gasteiger partial charge in [-0.15, -0.1) is 11.8 Å². The predicted octanol–water partition coefficient (Wildman–Crippen LogP) is 4.18. The molecule has 0 aliphatic carbocycles. The van der Waals surface area contributed by atoms with Gasteiger partial charge in [-0.2, -0.15) is 0 Å². The van der Waals surface area contributed by atoms with E-state index < -0.39 is 5.97 Å². The van der Waals surface area contributed by atoms with Gasteiger partial charge in [0, 0.05) is 18.8 Å². The molecular formula is C21H28N4O2S2. The summed E-state index contributed by atoms with van der Waals surface area (Å²) in [5, 5.41) is 4.67. The van der Waals surface area contributed by atoms with Crippen LogP contribution < -0.4 is 5.32 Å². The van der Waals surface area contributed by atoms with Gasteiger partial charge in [0.05, 0.1) is 7.11 Å². The number of hydrogen-bond donors (Lipinski definition) is 1. The van der Waals surface area contributed by atoms with Crippen molar-refractivity contribution in [3.8, 4) is 0 Å². The fourth-order valence-corrected chi connectivity index (χ4v) is 4.67. The van der Waals surface area contributed by atoms with Crippen LogP contribution in [0.25, 0.3) is 0 Å². The molecule has 0 amide bonds. The number of anilines is 1. The Morgan fingerprint density at radius 1 is 1.17 bits per heavy atom. The van der Waals surface area contributed by atoms with Gasteiger partial charge in [0.1, 0.15) is 16.4 Å². The molecule has 1 aromatic carbocycles. The number of carbonyl (C=O) groups is 1. The third-order valence-electron chi connectivity index (χ3n) is 4.81. The maximum Gasteiger partial charge on any atom is 0.344 e. The van der Waals surface area contributed by atoms with Crippen LogP contribution in [0.2, 0.25) is 0 Å². The minimum absolute atomic E-state index is 0.409. The molecule has 0 unspecified atom stereocenters. The average Bonchev–Trinajstić information content (AvgIpc) is 2.78. The summed E-state index contributed by atoms with van der Waals surface area (Å²) in [6.07, 6.45) is 5.79. The van der Waals surface area contributed by atoms with Gasteiger partial charge in [-0.3, -0.25) is 0 Å². The number of carbonyl (C=O) groups excluding carboxylic acids is 1. The lowest BCUT2D eigenvalue weighted by atomic mass is 10.1. The Hall–Kier alpha value is -1.77. The van der Waals surface area contributed by atoms with E-state index in [0.717, 1.165) is 31.9 Å². The molecule has 3 rings (SSSR count). The van der Waals surface area contributed by atoms with Crippen LogP contribution in [0.5, 0.6) is 0 Å². The molecule has 1 aliphatic rings. The zero-order valence-corrected chi connectivity index (χ0v) is 18.7. The maximum absolute atomic E-state index is 12.6. The van der Waals surface area contributed by atoms with E-state index in [0.29, 0.717) is 21.6 Å². The van der Waals surface area contributed by atoms with Crippen LogP contribution in [0.1, 0.15) is 35.2 Å². The number of nitrogens with one attached hydrogen (secondary N) is 1. The molecule has 0 spiro atoms. The van der Waals surface area contributed by atoms with Gasteiger partial charge in [0.15, 0.2) is 5.16 Å². The highest BCUT2D eigenvalue weighted by Crippen LogP contribution is 2.31. The molecule has 1 N–H and O–H groups in total. The summed E-state index contributed by atoms with van der Waals surface area (Å²) in [5.74, 6) is 0.876. The average molecular weight is 433 g/mol. The number of hydrogen-bond acceptors (Lipinski definition) is 8. The smallest absolute Gasteiger partial charge is 0.344 e. The van der Waals surface area contributed by atoms with E-state index in [-0.39, 0.29) is 0 Å². The van der Waals surface area contributed by atoms with Gasteiger partial charge >= 0.3 is 5.97 Å². The fourth-order valence-electron chi connectivity index (χ4n) is 3.27. The highest BCUT2D eigenvalue weighted by Gasteiger charge is 2.22. The first-order chi connectivity index (χ1) is 14.2. The number of piperidine rings is 1. The molecule has 29 heavy (non-hydrogen) atoms. The van der Waals surface area contributed by atoms with Crippen LogP contribution >= 0.6 is 23.5 Å². The lowest BCUT2D eigenvalue weighted by Crippen LogP contribution is -2.34. The van der Waals surface area contributed by atoms with E-state index in [1.807, 2.05) is 24.5 Å². The van der Waals surface area contributed by atoms with Crippen LogP contribution in [0, 0.1) is 0 Å².